The minimum absolute atomic E-state index is 0. The van der Waals surface area contributed by atoms with Crippen molar-refractivity contribution in [3.63, 3.8) is 0 Å². The van der Waals surface area contributed by atoms with Crippen molar-refractivity contribution in [3.05, 3.63) is 122 Å². The van der Waals surface area contributed by atoms with Gasteiger partial charge in [0.15, 0.2) is 6.29 Å². The Bertz CT molecular complexity index is 1060. The molecule has 0 bridgehead atoms. The van der Waals surface area contributed by atoms with E-state index in [1.165, 1.54) is 0 Å². The van der Waals surface area contributed by atoms with Crippen LogP contribution in [-0.4, -0.2) is 13.2 Å². The molecule has 11 heteroatoms. The van der Waals surface area contributed by atoms with Crippen LogP contribution in [0.4, 0.5) is 5.69 Å². The van der Waals surface area contributed by atoms with Crippen LogP contribution in [-0.2, 0) is 67.6 Å². The Balaban J connectivity index is 0. The van der Waals surface area contributed by atoms with Crippen LogP contribution in [0.15, 0.2) is 84.9 Å². The van der Waals surface area contributed by atoms with Gasteiger partial charge in [-0.05, 0) is 31.0 Å². The molecule has 1 N–H and O–H groups in total. The predicted molar refractivity (Wildman–Crippen MR) is 138 cm³/mol. The summed E-state index contributed by atoms with van der Waals surface area (Å²) >= 11 is 0. The summed E-state index contributed by atoms with van der Waals surface area (Å²) in [4.78, 5) is 0. The van der Waals surface area contributed by atoms with E-state index in [9.17, 15) is 4.57 Å². The van der Waals surface area contributed by atoms with Crippen molar-refractivity contribution in [1.82, 2.24) is 0 Å². The Morgan fingerprint density at radius 1 is 0.692 bits per heavy atom. The van der Waals surface area contributed by atoms with Crippen molar-refractivity contribution >= 4 is 13.4 Å². The van der Waals surface area contributed by atoms with E-state index in [-0.39, 0.29) is 30.6 Å². The number of benzene rings is 3. The molecule has 0 aliphatic rings. The number of nitrogens with one attached hydrogen (secondary N) is 1. The second kappa shape index (κ2) is 24.3. The molecule has 9 nitrogen and oxygen atoms in total. The molecule has 0 saturated heterocycles. The molecule has 0 heterocycles. The Morgan fingerprint density at radius 2 is 1.08 bits per heavy atom. The first kappa shape index (κ1) is 38.4. The van der Waals surface area contributed by atoms with Crippen molar-refractivity contribution in [2.24, 2.45) is 0 Å². The first-order valence-corrected chi connectivity index (χ1v) is 12.9. The maximum absolute atomic E-state index is 13.8. The van der Waals surface area contributed by atoms with Crippen molar-refractivity contribution in [2.45, 2.75) is 33.4 Å². The third kappa shape index (κ3) is 14.9. The Kier molecular flexibility index (Phi) is 24.0. The molecular formula is C28H30CrNO8P. The number of ether oxygens (including phenoxy) is 2. The van der Waals surface area contributed by atoms with E-state index in [2.05, 4.69) is 25.0 Å². The van der Waals surface area contributed by atoms with E-state index in [0.29, 0.717) is 18.9 Å². The fourth-order valence-corrected chi connectivity index (χ4v) is 4.39. The number of hydrogen-bond acceptors (Lipinski definition) is 5. The molecule has 0 unspecified atom stereocenters. The summed E-state index contributed by atoms with van der Waals surface area (Å²) < 4.78 is 59.5. The van der Waals surface area contributed by atoms with Crippen LogP contribution < -0.4 is 5.09 Å². The molecule has 0 atom stereocenters. The van der Waals surface area contributed by atoms with Crippen molar-refractivity contribution < 1.29 is 54.4 Å². The average molecular weight is 592 g/mol. The van der Waals surface area contributed by atoms with Gasteiger partial charge in [-0.15, -0.1) is 0 Å². The number of hydrogen-bond donors (Lipinski definition) is 1. The molecule has 3 aromatic rings. The molecule has 3 aromatic carbocycles. The zero-order chi connectivity index (χ0) is 28.7. The van der Waals surface area contributed by atoms with Gasteiger partial charge in [0.1, 0.15) is 0 Å². The number of rotatable bonds is 13. The van der Waals surface area contributed by atoms with E-state index >= 15 is 0 Å². The van der Waals surface area contributed by atoms with E-state index in [1.54, 1.807) is 0 Å². The standard InChI is InChI=1S/C25H30NO5P.3CO.Cr/c1-3-28-25(29-4-2)23-17-11-12-18-24(23)26-32(27,30-19-21-13-7-5-8-14-21)31-20-22-15-9-6-10-16-22;3*1-2;/h5-18,25H,3-4,19-20H2,1-2H3,(H,26,27);;;;. The van der Waals surface area contributed by atoms with E-state index < -0.39 is 14.0 Å². The largest absolute Gasteiger partial charge is 0 e. The molecule has 39 heavy (non-hydrogen) atoms. The summed E-state index contributed by atoms with van der Waals surface area (Å²) in [5, 5.41) is 3.01. The minimum Gasteiger partial charge on any atom is 0 e. The van der Waals surface area contributed by atoms with Gasteiger partial charge in [-0.25, -0.2) is 4.57 Å². The van der Waals surface area contributed by atoms with Crippen molar-refractivity contribution in [3.8, 4) is 0 Å². The summed E-state index contributed by atoms with van der Waals surface area (Å²) in [6.07, 6.45) is -0.592. The molecule has 206 valence electrons. The zero-order valence-corrected chi connectivity index (χ0v) is 23.8. The van der Waals surface area contributed by atoms with Gasteiger partial charge in [0.2, 0.25) is 0 Å². The minimum atomic E-state index is -3.74. The predicted octanol–water partition coefficient (Wildman–Crippen LogP) is 6.60. The fraction of sp³-hybridized carbons (Fsp3) is 0.250. The number of anilines is 1. The summed E-state index contributed by atoms with van der Waals surface area (Å²) in [6.45, 7) is 18.5. The fourth-order valence-electron chi connectivity index (χ4n) is 3.05. The molecule has 0 spiro atoms. The van der Waals surface area contributed by atoms with Crippen LogP contribution in [0.25, 0.3) is 0 Å². The molecule has 0 aromatic heterocycles. The Morgan fingerprint density at radius 3 is 1.49 bits per heavy atom. The molecule has 0 amide bonds. The molecule has 0 radical (unpaired) electrons. The van der Waals surface area contributed by atoms with Crippen molar-refractivity contribution in [1.29, 1.82) is 0 Å². The topological polar surface area (TPSA) is 126 Å². The van der Waals surface area contributed by atoms with Gasteiger partial charge in [-0.1, -0.05) is 78.9 Å². The zero-order valence-electron chi connectivity index (χ0n) is 21.6. The SMILES string of the molecule is CCOC(OCC)c1ccccc1NP(=O)(OCc1ccccc1)OCc1ccccc1.[C-]#[O+].[C-]#[O+].[C-]#[O+].[Cr]. The second-order valence-corrected chi connectivity index (χ2v) is 8.69. The van der Waals surface area contributed by atoms with Gasteiger partial charge in [0.25, 0.3) is 0 Å². The quantitative estimate of drug-likeness (QED) is 0.103. The first-order valence-electron chi connectivity index (χ1n) is 11.3. The number of para-hydroxylation sites is 1. The molecule has 0 saturated carbocycles. The van der Waals surface area contributed by atoms with Crippen LogP contribution in [0.1, 0.15) is 36.8 Å². The maximum Gasteiger partial charge on any atom is 0 e. The normalized spacial score (nSPS) is 9.67. The third-order valence-corrected chi connectivity index (χ3v) is 6.05. The maximum atomic E-state index is 13.8. The smallest absolute Gasteiger partial charge is 0 e. The second-order valence-electron chi connectivity index (χ2n) is 6.96. The van der Waals surface area contributed by atoms with Gasteiger partial charge < -0.3 is 9.47 Å². The molecule has 0 aliphatic heterocycles. The van der Waals surface area contributed by atoms with Gasteiger partial charge in [-0.2, -0.15) is 0 Å². The molecular weight excluding hydrogens is 561 g/mol. The van der Waals surface area contributed by atoms with Gasteiger partial charge in [-0.3, -0.25) is 14.1 Å². The Hall–Kier alpha value is -2.72. The monoisotopic (exact) mass is 591 g/mol. The molecule has 0 fully saturated rings. The van der Waals surface area contributed by atoms with Gasteiger partial charge in [0.05, 0.1) is 18.9 Å². The van der Waals surface area contributed by atoms with Crippen molar-refractivity contribution in [2.75, 3.05) is 18.3 Å². The van der Waals surface area contributed by atoms with Gasteiger partial charge >= 0.3 is 41.7 Å². The summed E-state index contributed by atoms with van der Waals surface area (Å²) in [5.41, 5.74) is 3.09. The summed E-state index contributed by atoms with van der Waals surface area (Å²) in [6, 6.07) is 26.5. The van der Waals surface area contributed by atoms with Crippen LogP contribution in [0.2, 0.25) is 0 Å². The van der Waals surface area contributed by atoms with Crippen LogP contribution >= 0.6 is 7.75 Å². The van der Waals surface area contributed by atoms with E-state index in [1.807, 2.05) is 98.8 Å². The first-order chi connectivity index (χ1) is 18.6. The summed E-state index contributed by atoms with van der Waals surface area (Å²) in [7, 11) is -3.74. The Labute approximate surface area is 240 Å². The molecule has 3 rings (SSSR count). The molecule has 0 aliphatic carbocycles. The summed E-state index contributed by atoms with van der Waals surface area (Å²) in [5.74, 6) is 0. The van der Waals surface area contributed by atoms with Crippen LogP contribution in [0, 0.1) is 20.0 Å². The van der Waals surface area contributed by atoms with E-state index in [4.69, 9.17) is 32.5 Å². The van der Waals surface area contributed by atoms with Gasteiger partial charge in [0, 0.05) is 36.1 Å². The average Bonchev–Trinajstić information content (AvgIpc) is 3.00. The van der Waals surface area contributed by atoms with E-state index in [0.717, 1.165) is 16.7 Å². The van der Waals surface area contributed by atoms with Crippen LogP contribution in [0.3, 0.4) is 0 Å². The third-order valence-electron chi connectivity index (χ3n) is 4.60. The van der Waals surface area contributed by atoms with Crippen LogP contribution in [0.5, 0.6) is 0 Å².